The topological polar surface area (TPSA) is 97.1 Å². The number of benzene rings is 1. The van der Waals surface area contributed by atoms with Gasteiger partial charge in [0.15, 0.2) is 5.69 Å². The summed E-state index contributed by atoms with van der Waals surface area (Å²) in [5.74, 6) is 0.612. The van der Waals surface area contributed by atoms with E-state index < -0.39 is 5.91 Å². The van der Waals surface area contributed by atoms with Crippen LogP contribution in [0.4, 0.5) is 5.69 Å². The highest BCUT2D eigenvalue weighted by Crippen LogP contribution is 2.26. The number of aromatic nitrogens is 1. The molecule has 1 aliphatic heterocycles. The van der Waals surface area contributed by atoms with E-state index in [9.17, 15) is 9.59 Å². The molecule has 0 fully saturated rings. The molecule has 0 spiro atoms. The predicted molar refractivity (Wildman–Crippen MR) is 120 cm³/mol. The number of rotatable bonds is 3. The summed E-state index contributed by atoms with van der Waals surface area (Å²) in [4.78, 5) is 29.6. The second kappa shape index (κ2) is 10.1. The van der Waals surface area contributed by atoms with Crippen LogP contribution in [0, 0.1) is 12.8 Å². The highest BCUT2D eigenvalue weighted by atomic mass is 16.5. The zero-order valence-corrected chi connectivity index (χ0v) is 19.5. The molecule has 0 unspecified atom stereocenters. The summed E-state index contributed by atoms with van der Waals surface area (Å²) < 4.78 is 16.7. The van der Waals surface area contributed by atoms with Crippen molar-refractivity contribution in [3.05, 3.63) is 41.3 Å². The molecular weight excluding hydrogens is 412 g/mol. The van der Waals surface area contributed by atoms with Gasteiger partial charge in [0.25, 0.3) is 11.8 Å². The van der Waals surface area contributed by atoms with Gasteiger partial charge in [-0.05, 0) is 45.0 Å². The third-order valence-electron chi connectivity index (χ3n) is 5.87. The number of carbonyl (C=O) groups is 2. The lowest BCUT2D eigenvalue weighted by atomic mass is 10.0. The van der Waals surface area contributed by atoms with Crippen molar-refractivity contribution in [1.82, 2.24) is 15.0 Å². The monoisotopic (exact) mass is 444 g/mol. The molecule has 3 rings (SSSR count). The van der Waals surface area contributed by atoms with E-state index in [0.29, 0.717) is 35.9 Å². The fourth-order valence-corrected chi connectivity index (χ4v) is 3.70. The number of ether oxygens (including phenoxy) is 2. The summed E-state index contributed by atoms with van der Waals surface area (Å²) in [6, 6.07) is 6.74. The summed E-state index contributed by atoms with van der Waals surface area (Å²) >= 11 is 0. The zero-order valence-electron chi connectivity index (χ0n) is 19.5. The fourth-order valence-electron chi connectivity index (χ4n) is 3.70. The van der Waals surface area contributed by atoms with E-state index in [4.69, 9.17) is 14.0 Å². The molecule has 0 saturated heterocycles. The van der Waals surface area contributed by atoms with Crippen LogP contribution in [0.2, 0.25) is 0 Å². The number of carbonyl (C=O) groups excluding carboxylic acids is 2. The largest absolute Gasteiger partial charge is 0.491 e. The van der Waals surface area contributed by atoms with Gasteiger partial charge in [0.2, 0.25) is 0 Å². The van der Waals surface area contributed by atoms with Crippen molar-refractivity contribution in [3.63, 3.8) is 0 Å². The average molecular weight is 445 g/mol. The number of hydrogen-bond donors (Lipinski definition) is 1. The number of hydrogen-bond acceptors (Lipinski definition) is 7. The maximum absolute atomic E-state index is 13.3. The van der Waals surface area contributed by atoms with Crippen LogP contribution in [0.15, 0.2) is 28.8 Å². The van der Waals surface area contributed by atoms with Crippen LogP contribution < -0.4 is 10.1 Å². The third kappa shape index (κ3) is 5.46. The lowest BCUT2D eigenvalue weighted by Gasteiger charge is -2.34. The SMILES string of the molecule is CO[C@@H]1CN(C)C(=O)c2cc(NC(=O)c3cc(C)on3)ccc2OC[C@H](C)N(C)C[C@H]1C. The van der Waals surface area contributed by atoms with Crippen molar-refractivity contribution in [1.29, 1.82) is 0 Å². The van der Waals surface area contributed by atoms with Gasteiger partial charge in [-0.25, -0.2) is 0 Å². The second-order valence-electron chi connectivity index (χ2n) is 8.52. The minimum absolute atomic E-state index is 0.110. The molecule has 0 aliphatic carbocycles. The second-order valence-corrected chi connectivity index (χ2v) is 8.52. The molecule has 2 aromatic rings. The highest BCUT2D eigenvalue weighted by molar-refractivity contribution is 6.04. The van der Waals surface area contributed by atoms with E-state index in [1.807, 2.05) is 0 Å². The Morgan fingerprint density at radius 1 is 1.22 bits per heavy atom. The smallest absolute Gasteiger partial charge is 0.277 e. The van der Waals surface area contributed by atoms with Gasteiger partial charge in [-0.3, -0.25) is 14.5 Å². The predicted octanol–water partition coefficient (Wildman–Crippen LogP) is 2.67. The summed E-state index contributed by atoms with van der Waals surface area (Å²) in [5, 5.41) is 6.50. The Balaban J connectivity index is 1.90. The maximum atomic E-state index is 13.3. The van der Waals surface area contributed by atoms with Crippen LogP contribution in [0.3, 0.4) is 0 Å². The van der Waals surface area contributed by atoms with Crippen LogP contribution in [-0.4, -0.2) is 79.8 Å². The van der Waals surface area contributed by atoms with E-state index >= 15 is 0 Å². The normalized spacial score (nSPS) is 23.0. The molecule has 174 valence electrons. The summed E-state index contributed by atoms with van der Waals surface area (Å²) in [6.45, 7) is 7.61. The van der Waals surface area contributed by atoms with Gasteiger partial charge in [0.05, 0.1) is 11.7 Å². The van der Waals surface area contributed by atoms with Gasteiger partial charge in [0.1, 0.15) is 18.1 Å². The first kappa shape index (κ1) is 23.7. The van der Waals surface area contributed by atoms with Crippen molar-refractivity contribution in [3.8, 4) is 5.75 Å². The minimum Gasteiger partial charge on any atom is -0.491 e. The Morgan fingerprint density at radius 2 is 1.97 bits per heavy atom. The van der Waals surface area contributed by atoms with Gasteiger partial charge in [-0.2, -0.15) is 0 Å². The van der Waals surface area contributed by atoms with Crippen LogP contribution in [0.25, 0.3) is 0 Å². The van der Waals surface area contributed by atoms with E-state index in [2.05, 4.69) is 36.3 Å². The maximum Gasteiger partial charge on any atom is 0.277 e. The molecule has 9 nitrogen and oxygen atoms in total. The van der Waals surface area contributed by atoms with Crippen molar-refractivity contribution >= 4 is 17.5 Å². The lowest BCUT2D eigenvalue weighted by molar-refractivity contribution is 0.0150. The van der Waals surface area contributed by atoms with E-state index in [1.54, 1.807) is 50.2 Å². The molecule has 2 amide bonds. The van der Waals surface area contributed by atoms with Crippen LogP contribution in [0.5, 0.6) is 5.75 Å². The van der Waals surface area contributed by atoms with E-state index in [-0.39, 0.29) is 29.7 Å². The van der Waals surface area contributed by atoms with Crippen molar-refractivity contribution in [2.45, 2.75) is 32.9 Å². The molecule has 1 aliphatic rings. The van der Waals surface area contributed by atoms with E-state index in [0.717, 1.165) is 6.54 Å². The highest BCUT2D eigenvalue weighted by Gasteiger charge is 2.27. The molecule has 3 atom stereocenters. The van der Waals surface area contributed by atoms with Gasteiger partial charge >= 0.3 is 0 Å². The molecule has 1 aromatic carbocycles. The van der Waals surface area contributed by atoms with Gasteiger partial charge in [-0.15, -0.1) is 0 Å². The molecule has 9 heteroatoms. The Hall–Kier alpha value is -2.91. The van der Waals surface area contributed by atoms with Gasteiger partial charge < -0.3 is 24.2 Å². The number of likely N-dealkylation sites (N-methyl/N-ethyl adjacent to an activating group) is 2. The first-order valence-electron chi connectivity index (χ1n) is 10.7. The number of aryl methyl sites for hydroxylation is 1. The number of amides is 2. The van der Waals surface area contributed by atoms with Crippen molar-refractivity contribution in [2.75, 3.05) is 46.2 Å². The molecule has 0 saturated carbocycles. The zero-order chi connectivity index (χ0) is 23.4. The molecule has 2 heterocycles. The Labute approximate surface area is 188 Å². The van der Waals surface area contributed by atoms with Gasteiger partial charge in [-0.1, -0.05) is 12.1 Å². The number of anilines is 1. The third-order valence-corrected chi connectivity index (χ3v) is 5.87. The lowest BCUT2D eigenvalue weighted by Crippen LogP contribution is -2.45. The Bertz CT molecular complexity index is 960. The number of fused-ring (bicyclic) bond motifs is 1. The van der Waals surface area contributed by atoms with Crippen LogP contribution in [-0.2, 0) is 4.74 Å². The first-order chi connectivity index (χ1) is 15.2. The molecular formula is C23H32N4O5. The van der Waals surface area contributed by atoms with Gasteiger partial charge in [0, 0.05) is 45.0 Å². The van der Waals surface area contributed by atoms with Crippen molar-refractivity contribution in [2.24, 2.45) is 5.92 Å². The minimum atomic E-state index is -0.416. The van der Waals surface area contributed by atoms with Crippen LogP contribution >= 0.6 is 0 Å². The van der Waals surface area contributed by atoms with E-state index in [1.165, 1.54) is 0 Å². The molecule has 32 heavy (non-hydrogen) atoms. The first-order valence-corrected chi connectivity index (χ1v) is 10.7. The quantitative estimate of drug-likeness (QED) is 0.777. The molecule has 1 N–H and O–H groups in total. The summed E-state index contributed by atoms with van der Waals surface area (Å²) in [6.07, 6.45) is -0.110. The average Bonchev–Trinajstić information content (AvgIpc) is 3.21. The number of nitrogens with zero attached hydrogens (tertiary/aromatic N) is 3. The number of methoxy groups -OCH3 is 1. The molecule has 0 radical (unpaired) electrons. The standard InChI is InChI=1S/C23H32N4O5/c1-14-11-26(4)15(2)13-31-20-8-7-17(24-22(28)19-9-16(3)32-25-19)10-18(20)23(29)27(5)12-21(14)30-6/h7-10,14-15,21H,11-13H2,1-6H3,(H,24,28)/t14-,15+,21-/m1/s1. The summed E-state index contributed by atoms with van der Waals surface area (Å²) in [7, 11) is 5.47. The summed E-state index contributed by atoms with van der Waals surface area (Å²) in [5.41, 5.74) is 1.01. The number of nitrogens with one attached hydrogen (secondary N) is 1. The van der Waals surface area contributed by atoms with Crippen LogP contribution in [0.1, 0.15) is 40.5 Å². The molecule has 1 aromatic heterocycles. The Kier molecular flexibility index (Phi) is 7.52. The Morgan fingerprint density at radius 3 is 2.62 bits per heavy atom. The molecule has 0 bridgehead atoms. The van der Waals surface area contributed by atoms with Crippen molar-refractivity contribution < 1.29 is 23.6 Å². The fraction of sp³-hybridized carbons (Fsp3) is 0.522.